The highest BCUT2D eigenvalue weighted by molar-refractivity contribution is 6.09. The fourth-order valence-electron chi connectivity index (χ4n) is 3.44. The maximum atomic E-state index is 13.4. The van der Waals surface area contributed by atoms with E-state index >= 15 is 0 Å². The quantitative estimate of drug-likeness (QED) is 0.460. The molecule has 0 atom stereocenters. The molecule has 2 aromatic rings. The monoisotopic (exact) mass is 484 g/mol. The lowest BCUT2D eigenvalue weighted by Crippen LogP contribution is -2.53. The molecule has 9 nitrogen and oxygen atoms in total. The van der Waals surface area contributed by atoms with E-state index in [4.69, 9.17) is 10.5 Å². The third-order valence-electron chi connectivity index (χ3n) is 5.33. The van der Waals surface area contributed by atoms with Crippen molar-refractivity contribution in [1.82, 2.24) is 9.47 Å². The maximum Gasteiger partial charge on any atom is 0.410 e. The Morgan fingerprint density at radius 2 is 1.80 bits per heavy atom. The van der Waals surface area contributed by atoms with Gasteiger partial charge in [-0.3, -0.25) is 9.79 Å². The number of benzene rings is 1. The third kappa shape index (κ3) is 7.02. The Labute approximate surface area is 202 Å². The number of nitrogens with zero attached hydrogens (tertiary/aromatic N) is 3. The number of carbonyl (C=O) groups is 2. The van der Waals surface area contributed by atoms with Gasteiger partial charge in [-0.1, -0.05) is 24.3 Å². The van der Waals surface area contributed by atoms with E-state index in [-0.39, 0.29) is 48.9 Å². The van der Waals surface area contributed by atoms with Crippen molar-refractivity contribution in [2.24, 2.45) is 16.6 Å². The molecule has 1 aliphatic rings. The highest BCUT2D eigenvalue weighted by Gasteiger charge is 2.36. The Hall–Kier alpha value is -3.95. The average molecular weight is 485 g/mol. The van der Waals surface area contributed by atoms with Gasteiger partial charge in [0.25, 0.3) is 5.56 Å². The summed E-state index contributed by atoms with van der Waals surface area (Å²) in [6.45, 7) is 6.32. The normalized spacial score (nSPS) is 15.0. The van der Waals surface area contributed by atoms with Crippen LogP contribution in [0.1, 0.15) is 31.9 Å². The van der Waals surface area contributed by atoms with Gasteiger partial charge in [-0.15, -0.1) is 0 Å². The van der Waals surface area contributed by atoms with Crippen LogP contribution in [0.5, 0.6) is 0 Å². The van der Waals surface area contributed by atoms with Crippen LogP contribution in [0.25, 0.3) is 0 Å². The summed E-state index contributed by atoms with van der Waals surface area (Å²) in [4.78, 5) is 41.3. The van der Waals surface area contributed by atoms with Crippen molar-refractivity contribution in [1.29, 1.82) is 0 Å². The molecule has 0 saturated carbocycles. The standard InChI is InChI=1S/C25H29FN4O5/c1-25(2,3)35-24(34)30-13-18(14-30)22(27)20(23(32)33)11-28-10-16-4-6-17(7-5-16)12-29-15-19(26)8-9-21(29)31/h4-9,11,15,18H,10,12-14,27H2,1-3H3,(H,32,33). The van der Waals surface area contributed by atoms with Crippen LogP contribution in [0.3, 0.4) is 0 Å². The van der Waals surface area contributed by atoms with Crippen molar-refractivity contribution in [2.45, 2.75) is 39.5 Å². The van der Waals surface area contributed by atoms with Crippen LogP contribution in [0.4, 0.5) is 9.18 Å². The number of carboxylic acids is 1. The number of carboxylic acid groups (broad SMARTS) is 1. The first kappa shape index (κ1) is 25.7. The summed E-state index contributed by atoms with van der Waals surface area (Å²) in [5.74, 6) is -1.97. The predicted octanol–water partition coefficient (Wildman–Crippen LogP) is 2.77. The molecule has 186 valence electrons. The zero-order chi connectivity index (χ0) is 25.8. The number of rotatable bonds is 7. The summed E-state index contributed by atoms with van der Waals surface area (Å²) in [6.07, 6.45) is 1.92. The summed E-state index contributed by atoms with van der Waals surface area (Å²) in [7, 11) is 0. The van der Waals surface area contributed by atoms with Gasteiger partial charge < -0.3 is 25.0 Å². The highest BCUT2D eigenvalue weighted by Crippen LogP contribution is 2.24. The molecule has 1 amide bonds. The molecule has 0 spiro atoms. The van der Waals surface area contributed by atoms with E-state index < -0.39 is 23.5 Å². The van der Waals surface area contributed by atoms with Gasteiger partial charge in [0.2, 0.25) is 0 Å². The van der Waals surface area contributed by atoms with Gasteiger partial charge in [-0.2, -0.15) is 0 Å². The second kappa shape index (κ2) is 10.5. The highest BCUT2D eigenvalue weighted by atomic mass is 19.1. The number of likely N-dealkylation sites (tertiary alicyclic amines) is 1. The first-order valence-corrected chi connectivity index (χ1v) is 11.1. The minimum absolute atomic E-state index is 0.110. The van der Waals surface area contributed by atoms with E-state index in [1.807, 2.05) is 0 Å². The molecular formula is C25H29FN4O5. The van der Waals surface area contributed by atoms with Crippen molar-refractivity contribution in [3.05, 3.63) is 81.2 Å². The lowest BCUT2D eigenvalue weighted by Gasteiger charge is -2.40. The van der Waals surface area contributed by atoms with Crippen molar-refractivity contribution in [3.63, 3.8) is 0 Å². The van der Waals surface area contributed by atoms with Crippen LogP contribution in [-0.2, 0) is 22.6 Å². The lowest BCUT2D eigenvalue weighted by atomic mass is 9.94. The third-order valence-corrected chi connectivity index (χ3v) is 5.33. The number of aliphatic imine (C=N–C) groups is 1. The lowest BCUT2D eigenvalue weighted by molar-refractivity contribution is -0.132. The smallest absolute Gasteiger partial charge is 0.410 e. The fourth-order valence-corrected chi connectivity index (χ4v) is 3.44. The minimum Gasteiger partial charge on any atom is -0.478 e. The van der Waals surface area contributed by atoms with E-state index in [2.05, 4.69) is 4.99 Å². The van der Waals surface area contributed by atoms with Crippen molar-refractivity contribution in [2.75, 3.05) is 13.1 Å². The molecule has 1 saturated heterocycles. The second-order valence-electron chi connectivity index (χ2n) is 9.36. The molecule has 10 heteroatoms. The molecule has 35 heavy (non-hydrogen) atoms. The zero-order valence-corrected chi connectivity index (χ0v) is 19.9. The number of hydrogen-bond donors (Lipinski definition) is 2. The van der Waals surface area contributed by atoms with E-state index in [1.54, 1.807) is 45.0 Å². The Bertz CT molecular complexity index is 1210. The number of aliphatic carboxylic acids is 1. The summed E-state index contributed by atoms with van der Waals surface area (Å²) >= 11 is 0. The number of amides is 1. The molecule has 1 aromatic carbocycles. The molecule has 1 aromatic heterocycles. The van der Waals surface area contributed by atoms with Gasteiger partial charge >= 0.3 is 12.1 Å². The van der Waals surface area contributed by atoms with Gasteiger partial charge in [-0.25, -0.2) is 14.0 Å². The van der Waals surface area contributed by atoms with Gasteiger partial charge in [0.15, 0.2) is 0 Å². The summed E-state index contributed by atoms with van der Waals surface area (Å²) < 4.78 is 19.9. The SMILES string of the molecule is CC(C)(C)OC(=O)N1CC(C(N)=C(C=NCc2ccc(Cn3cc(F)ccc3=O)cc2)C(=O)O)C1. The van der Waals surface area contributed by atoms with Gasteiger partial charge in [0, 0.05) is 43.2 Å². The molecule has 0 radical (unpaired) electrons. The predicted molar refractivity (Wildman–Crippen MR) is 129 cm³/mol. The van der Waals surface area contributed by atoms with Crippen molar-refractivity contribution >= 4 is 18.3 Å². The number of aromatic nitrogens is 1. The minimum atomic E-state index is -1.20. The van der Waals surface area contributed by atoms with Crippen LogP contribution >= 0.6 is 0 Å². The Morgan fingerprint density at radius 3 is 2.40 bits per heavy atom. The molecular weight excluding hydrogens is 455 g/mol. The largest absolute Gasteiger partial charge is 0.478 e. The fraction of sp³-hybridized carbons (Fsp3) is 0.360. The molecule has 0 aliphatic carbocycles. The number of ether oxygens (including phenoxy) is 1. The van der Waals surface area contributed by atoms with Crippen molar-refractivity contribution in [3.8, 4) is 0 Å². The molecule has 3 N–H and O–H groups in total. The van der Waals surface area contributed by atoms with Crippen LogP contribution in [0.15, 0.2) is 63.7 Å². The van der Waals surface area contributed by atoms with E-state index in [9.17, 15) is 23.9 Å². The number of pyridine rings is 1. The van der Waals surface area contributed by atoms with E-state index in [0.29, 0.717) is 0 Å². The van der Waals surface area contributed by atoms with Crippen molar-refractivity contribution < 1.29 is 23.8 Å². The molecule has 2 heterocycles. The Balaban J connectivity index is 1.60. The number of halogens is 1. The Morgan fingerprint density at radius 1 is 1.17 bits per heavy atom. The number of hydrogen-bond acceptors (Lipinski definition) is 6. The van der Waals surface area contributed by atoms with Crippen LogP contribution in [-0.4, -0.2) is 51.5 Å². The molecule has 1 fully saturated rings. The number of carbonyl (C=O) groups excluding carboxylic acids is 1. The van der Waals surface area contributed by atoms with Crippen LogP contribution < -0.4 is 11.3 Å². The molecule has 3 rings (SSSR count). The van der Waals surface area contributed by atoms with Gasteiger partial charge in [0.1, 0.15) is 11.4 Å². The maximum absolute atomic E-state index is 13.4. The van der Waals surface area contributed by atoms with Gasteiger partial charge in [0.05, 0.1) is 18.7 Å². The summed E-state index contributed by atoms with van der Waals surface area (Å²) in [5.41, 5.74) is 6.85. The molecule has 1 aliphatic heterocycles. The van der Waals surface area contributed by atoms with E-state index in [1.165, 1.54) is 21.7 Å². The van der Waals surface area contributed by atoms with Crippen LogP contribution in [0, 0.1) is 11.7 Å². The molecule has 0 unspecified atom stereocenters. The Kier molecular flexibility index (Phi) is 7.73. The van der Waals surface area contributed by atoms with E-state index in [0.717, 1.165) is 23.4 Å². The van der Waals surface area contributed by atoms with Crippen LogP contribution in [0.2, 0.25) is 0 Å². The number of nitrogens with two attached hydrogens (primary N) is 1. The average Bonchev–Trinajstić information content (AvgIpc) is 2.72. The topological polar surface area (TPSA) is 127 Å². The first-order valence-electron chi connectivity index (χ1n) is 11.1. The summed E-state index contributed by atoms with van der Waals surface area (Å²) in [5, 5.41) is 9.57. The summed E-state index contributed by atoms with van der Waals surface area (Å²) in [6, 6.07) is 9.49. The second-order valence-corrected chi connectivity index (χ2v) is 9.36. The molecule has 0 bridgehead atoms. The van der Waals surface area contributed by atoms with Gasteiger partial charge in [-0.05, 0) is 38.0 Å². The zero-order valence-electron chi connectivity index (χ0n) is 19.9. The first-order chi connectivity index (χ1) is 16.4.